The topological polar surface area (TPSA) is 214 Å². The molecule has 0 saturated heterocycles. The molecule has 5 atom stereocenters. The maximum atomic E-state index is 13.1. The van der Waals surface area contributed by atoms with Gasteiger partial charge in [-0.05, 0) is 44.1 Å². The minimum atomic E-state index is -1.42. The van der Waals surface area contributed by atoms with E-state index in [1.165, 1.54) is 0 Å². The highest BCUT2D eigenvalue weighted by Crippen LogP contribution is 2.12. The van der Waals surface area contributed by atoms with Crippen molar-refractivity contribution in [1.82, 2.24) is 16.0 Å². The Balaban J connectivity index is 5.48. The highest BCUT2D eigenvalue weighted by atomic mass is 16.4. The zero-order valence-electron chi connectivity index (χ0n) is 21.2. The molecule has 202 valence electrons. The summed E-state index contributed by atoms with van der Waals surface area (Å²) in [7, 11) is 0. The third kappa shape index (κ3) is 13.1. The quantitative estimate of drug-likeness (QED) is 0.125. The van der Waals surface area contributed by atoms with Crippen LogP contribution in [0.25, 0.3) is 0 Å². The fraction of sp³-hybridized carbons (Fsp3) is 0.783. The maximum Gasteiger partial charge on any atom is 0.326 e. The van der Waals surface area contributed by atoms with Gasteiger partial charge in [0.15, 0.2) is 0 Å². The van der Waals surface area contributed by atoms with Gasteiger partial charge in [0.1, 0.15) is 18.1 Å². The molecule has 0 aliphatic heterocycles. The molecule has 3 amide bonds. The van der Waals surface area contributed by atoms with Crippen LogP contribution in [0.2, 0.25) is 0 Å². The molecule has 0 rings (SSSR count). The second-order valence-electron chi connectivity index (χ2n) is 9.29. The minimum absolute atomic E-state index is 0.0269. The number of rotatable bonds is 18. The van der Waals surface area contributed by atoms with Crippen LogP contribution in [0.3, 0.4) is 0 Å². The van der Waals surface area contributed by atoms with Crippen molar-refractivity contribution in [2.75, 3.05) is 6.54 Å². The van der Waals surface area contributed by atoms with Crippen LogP contribution in [0.1, 0.15) is 72.6 Å². The average Bonchev–Trinajstić information content (AvgIpc) is 2.78. The number of hydrogen-bond donors (Lipinski definition) is 7. The molecule has 0 heterocycles. The van der Waals surface area contributed by atoms with E-state index in [-0.39, 0.29) is 24.7 Å². The maximum absolute atomic E-state index is 13.1. The number of unbranched alkanes of at least 4 members (excludes halogenated alkanes) is 1. The molecule has 35 heavy (non-hydrogen) atoms. The lowest BCUT2D eigenvalue weighted by molar-refractivity contribution is -0.143. The Morgan fingerprint density at radius 3 is 1.91 bits per heavy atom. The summed E-state index contributed by atoms with van der Waals surface area (Å²) in [5.41, 5.74) is 11.4. The lowest BCUT2D eigenvalue weighted by atomic mass is 9.96. The van der Waals surface area contributed by atoms with Crippen molar-refractivity contribution >= 4 is 29.7 Å². The van der Waals surface area contributed by atoms with Crippen molar-refractivity contribution in [3.8, 4) is 0 Å². The SMILES string of the molecule is CCC(C)C(NC(=O)C(N)CCCCN)C(=O)NC(CC(C)C)C(=O)NC(CCC(=O)O)C(=O)O. The molecule has 0 bridgehead atoms. The Kier molecular flexibility index (Phi) is 15.5. The fourth-order valence-corrected chi connectivity index (χ4v) is 3.36. The standard InChI is InChI=1S/C23H43N5O7/c1-5-14(4)19(28-20(31)15(25)8-6-7-11-24)22(33)27-17(12-13(2)3)21(32)26-16(23(34)35)9-10-18(29)30/h13-17,19H,5-12,24-25H2,1-4H3,(H,26,32)(H,27,33)(H,28,31)(H,29,30)(H,34,35). The van der Waals surface area contributed by atoms with Gasteiger partial charge in [-0.3, -0.25) is 19.2 Å². The van der Waals surface area contributed by atoms with Gasteiger partial charge in [-0.1, -0.05) is 40.5 Å². The molecule has 0 aromatic carbocycles. The first-order valence-corrected chi connectivity index (χ1v) is 12.1. The van der Waals surface area contributed by atoms with Crippen LogP contribution < -0.4 is 27.4 Å². The fourth-order valence-electron chi connectivity index (χ4n) is 3.36. The lowest BCUT2D eigenvalue weighted by Gasteiger charge is -2.28. The van der Waals surface area contributed by atoms with Gasteiger partial charge >= 0.3 is 11.9 Å². The highest BCUT2D eigenvalue weighted by molar-refractivity contribution is 5.94. The largest absolute Gasteiger partial charge is 0.481 e. The van der Waals surface area contributed by atoms with Crippen molar-refractivity contribution in [2.24, 2.45) is 23.3 Å². The lowest BCUT2D eigenvalue weighted by Crippen LogP contribution is -2.58. The number of hydrogen-bond acceptors (Lipinski definition) is 7. The summed E-state index contributed by atoms with van der Waals surface area (Å²) < 4.78 is 0. The first-order chi connectivity index (χ1) is 16.3. The Morgan fingerprint density at radius 2 is 1.43 bits per heavy atom. The predicted molar refractivity (Wildman–Crippen MR) is 130 cm³/mol. The molecule has 0 saturated carbocycles. The molecule has 0 aromatic rings. The normalized spacial score (nSPS) is 15.4. The zero-order chi connectivity index (χ0) is 27.1. The average molecular weight is 502 g/mol. The van der Waals surface area contributed by atoms with E-state index in [1.54, 1.807) is 6.92 Å². The smallest absolute Gasteiger partial charge is 0.326 e. The van der Waals surface area contributed by atoms with E-state index in [0.717, 1.165) is 6.42 Å². The van der Waals surface area contributed by atoms with Crippen molar-refractivity contribution in [1.29, 1.82) is 0 Å². The van der Waals surface area contributed by atoms with E-state index in [2.05, 4.69) is 16.0 Å². The summed E-state index contributed by atoms with van der Waals surface area (Å²) >= 11 is 0. The number of nitrogens with one attached hydrogen (secondary N) is 3. The number of nitrogens with two attached hydrogens (primary N) is 2. The molecule has 0 fully saturated rings. The number of carboxylic acids is 2. The van der Waals surface area contributed by atoms with Crippen molar-refractivity contribution in [3.05, 3.63) is 0 Å². The van der Waals surface area contributed by atoms with E-state index in [1.807, 2.05) is 20.8 Å². The monoisotopic (exact) mass is 501 g/mol. The van der Waals surface area contributed by atoms with Gasteiger partial charge in [0.25, 0.3) is 0 Å². The molecule has 9 N–H and O–H groups in total. The summed E-state index contributed by atoms with van der Waals surface area (Å²) in [6.07, 6.45) is 1.86. The Labute approximate surface area is 206 Å². The summed E-state index contributed by atoms with van der Waals surface area (Å²) in [6.45, 7) is 7.80. The molecule has 0 aliphatic rings. The third-order valence-electron chi connectivity index (χ3n) is 5.70. The van der Waals surface area contributed by atoms with Crippen LogP contribution in [0, 0.1) is 11.8 Å². The van der Waals surface area contributed by atoms with E-state index in [9.17, 15) is 29.1 Å². The van der Waals surface area contributed by atoms with E-state index < -0.39 is 60.2 Å². The number of amides is 3. The molecule has 5 unspecified atom stereocenters. The molecule has 0 aromatic heterocycles. The first-order valence-electron chi connectivity index (χ1n) is 12.1. The number of carbonyl (C=O) groups is 5. The van der Waals surface area contributed by atoms with Gasteiger partial charge in [-0.2, -0.15) is 0 Å². The predicted octanol–water partition coefficient (Wildman–Crippen LogP) is -0.0613. The van der Waals surface area contributed by atoms with Crippen molar-refractivity contribution in [2.45, 2.75) is 96.8 Å². The Hall–Kier alpha value is -2.73. The van der Waals surface area contributed by atoms with Gasteiger partial charge in [0, 0.05) is 6.42 Å². The molecule has 0 aliphatic carbocycles. The molecular weight excluding hydrogens is 458 g/mol. The Bertz CT molecular complexity index is 716. The van der Waals surface area contributed by atoms with Gasteiger partial charge in [-0.25, -0.2) is 4.79 Å². The highest BCUT2D eigenvalue weighted by Gasteiger charge is 2.32. The summed E-state index contributed by atoms with van der Waals surface area (Å²) in [6, 6.07) is -4.24. The summed E-state index contributed by atoms with van der Waals surface area (Å²) in [5, 5.41) is 25.8. The van der Waals surface area contributed by atoms with Gasteiger partial charge in [0.05, 0.1) is 6.04 Å². The molecule has 12 nitrogen and oxygen atoms in total. The van der Waals surface area contributed by atoms with Crippen LogP contribution in [-0.4, -0.2) is 70.6 Å². The summed E-state index contributed by atoms with van der Waals surface area (Å²) in [4.78, 5) is 60.8. The zero-order valence-corrected chi connectivity index (χ0v) is 21.2. The van der Waals surface area contributed by atoms with E-state index in [4.69, 9.17) is 16.6 Å². The van der Waals surface area contributed by atoms with Crippen LogP contribution in [0.15, 0.2) is 0 Å². The van der Waals surface area contributed by atoms with Crippen molar-refractivity contribution in [3.63, 3.8) is 0 Å². The van der Waals surface area contributed by atoms with Gasteiger partial charge in [0.2, 0.25) is 17.7 Å². The number of carboxylic acid groups (broad SMARTS) is 2. The molecular formula is C23H43N5O7. The molecule has 12 heteroatoms. The molecule has 0 spiro atoms. The third-order valence-corrected chi connectivity index (χ3v) is 5.70. The van der Waals surface area contributed by atoms with E-state index >= 15 is 0 Å². The van der Waals surface area contributed by atoms with Crippen LogP contribution in [0.5, 0.6) is 0 Å². The second-order valence-corrected chi connectivity index (χ2v) is 9.29. The summed E-state index contributed by atoms with van der Waals surface area (Å²) in [5.74, 6) is -4.65. The number of carbonyl (C=O) groups excluding carboxylic acids is 3. The Morgan fingerprint density at radius 1 is 0.829 bits per heavy atom. The van der Waals surface area contributed by atoms with Gasteiger partial charge in [-0.15, -0.1) is 0 Å². The molecule has 0 radical (unpaired) electrons. The van der Waals surface area contributed by atoms with Crippen LogP contribution in [0.4, 0.5) is 0 Å². The van der Waals surface area contributed by atoms with Gasteiger partial charge < -0.3 is 37.6 Å². The number of aliphatic carboxylic acids is 2. The second kappa shape index (κ2) is 16.8. The van der Waals surface area contributed by atoms with Crippen molar-refractivity contribution < 1.29 is 34.2 Å². The van der Waals surface area contributed by atoms with Crippen LogP contribution in [-0.2, 0) is 24.0 Å². The van der Waals surface area contributed by atoms with E-state index in [0.29, 0.717) is 25.8 Å². The first kappa shape index (κ1) is 32.3. The van der Waals surface area contributed by atoms with Crippen LogP contribution >= 0.6 is 0 Å². The minimum Gasteiger partial charge on any atom is -0.481 e.